The van der Waals surface area contributed by atoms with Crippen molar-refractivity contribution in [1.29, 1.82) is 0 Å². The molecule has 0 heterocycles. The van der Waals surface area contributed by atoms with Crippen molar-refractivity contribution in [1.82, 2.24) is 0 Å². The Morgan fingerprint density at radius 2 is 0.389 bits per heavy atom. The SMILES string of the molecule is O=C(O)CCCCCCCCCCCCCCCCCCCCCCCCCCCCCCCCCCCCCCCCCCCCCCCCCCCCCCCCCCCCC(=O)Oc1ccccc1. The maximum atomic E-state index is 11.9. The van der Waals surface area contributed by atoms with Crippen LogP contribution >= 0.6 is 0 Å². The molecule has 0 spiro atoms. The molecule has 0 radical (unpaired) electrons. The number of benzene rings is 1. The van der Waals surface area contributed by atoms with Crippen molar-refractivity contribution in [3.63, 3.8) is 0 Å². The van der Waals surface area contributed by atoms with Gasteiger partial charge in [-0.2, -0.15) is 0 Å². The zero-order valence-electron chi connectivity index (χ0n) is 48.5. The maximum absolute atomic E-state index is 11.9. The molecule has 1 rings (SSSR count). The number of hydrogen-bond acceptors (Lipinski definition) is 3. The number of ether oxygens (including phenoxy) is 1. The molecule has 0 aliphatic heterocycles. The lowest BCUT2D eigenvalue weighted by atomic mass is 10.0. The largest absolute Gasteiger partial charge is 0.481 e. The highest BCUT2D eigenvalue weighted by atomic mass is 16.5. The molecule has 0 atom stereocenters. The van der Waals surface area contributed by atoms with Crippen LogP contribution in [0, 0.1) is 0 Å². The zero-order valence-corrected chi connectivity index (χ0v) is 48.5. The minimum atomic E-state index is -0.647. The average molecular weight is 1010 g/mol. The summed E-state index contributed by atoms with van der Waals surface area (Å²) in [5.74, 6) is -0.0918. The van der Waals surface area contributed by atoms with Gasteiger partial charge in [0.15, 0.2) is 0 Å². The lowest BCUT2D eigenvalue weighted by molar-refractivity contribution is -0.137. The summed E-state index contributed by atoms with van der Waals surface area (Å²) >= 11 is 0. The Morgan fingerprint density at radius 1 is 0.236 bits per heavy atom. The summed E-state index contributed by atoms with van der Waals surface area (Å²) in [4.78, 5) is 22.5. The zero-order chi connectivity index (χ0) is 51.4. The van der Waals surface area contributed by atoms with E-state index >= 15 is 0 Å². The van der Waals surface area contributed by atoms with E-state index in [9.17, 15) is 9.59 Å². The number of unbranched alkanes of at least 4 members (excludes halogenated alkanes) is 57. The quantitative estimate of drug-likeness (QED) is 0.0401. The fourth-order valence-electron chi connectivity index (χ4n) is 11.1. The molecule has 4 heteroatoms. The summed E-state index contributed by atoms with van der Waals surface area (Å²) < 4.78 is 5.37. The van der Waals surface area contributed by atoms with Crippen LogP contribution in [0.15, 0.2) is 30.3 Å². The second-order valence-electron chi connectivity index (χ2n) is 23.2. The van der Waals surface area contributed by atoms with Crippen molar-refractivity contribution >= 4 is 11.9 Å². The van der Waals surface area contributed by atoms with Crippen LogP contribution in [0.4, 0.5) is 0 Å². The molecule has 1 N–H and O–H groups in total. The second-order valence-corrected chi connectivity index (χ2v) is 23.2. The highest BCUT2D eigenvalue weighted by Crippen LogP contribution is 2.20. The fraction of sp³-hybridized carbons (Fsp3) is 0.882. The number of hydrogen-bond donors (Lipinski definition) is 1. The van der Waals surface area contributed by atoms with Crippen LogP contribution in [-0.2, 0) is 9.59 Å². The van der Waals surface area contributed by atoms with Crippen LogP contribution in [0.5, 0.6) is 5.75 Å². The summed E-state index contributed by atoms with van der Waals surface area (Å²) in [6.45, 7) is 0. The van der Waals surface area contributed by atoms with Gasteiger partial charge in [0.2, 0.25) is 0 Å². The summed E-state index contributed by atoms with van der Waals surface area (Å²) in [6.07, 6.45) is 82.7. The van der Waals surface area contributed by atoms with Gasteiger partial charge in [0.1, 0.15) is 5.75 Å². The molecule has 72 heavy (non-hydrogen) atoms. The molecular formula is C68H126O4. The van der Waals surface area contributed by atoms with Crippen molar-refractivity contribution < 1.29 is 19.4 Å². The van der Waals surface area contributed by atoms with Gasteiger partial charge in [-0.3, -0.25) is 9.59 Å². The Morgan fingerprint density at radius 3 is 0.556 bits per heavy atom. The van der Waals surface area contributed by atoms with Gasteiger partial charge in [0.05, 0.1) is 0 Å². The Balaban J connectivity index is 1.60. The fourth-order valence-corrected chi connectivity index (χ4v) is 11.1. The van der Waals surface area contributed by atoms with Gasteiger partial charge >= 0.3 is 11.9 Å². The monoisotopic (exact) mass is 1010 g/mol. The Labute approximate surface area is 450 Å². The van der Waals surface area contributed by atoms with E-state index in [0.29, 0.717) is 18.6 Å². The molecule has 0 bridgehead atoms. The Bertz CT molecular complexity index is 1180. The number of carbonyl (C=O) groups is 2. The second kappa shape index (κ2) is 60.0. The lowest BCUT2D eigenvalue weighted by Crippen LogP contribution is -2.07. The first kappa shape index (κ1) is 68.2. The van der Waals surface area contributed by atoms with Crippen LogP contribution in [0.2, 0.25) is 0 Å². The molecule has 0 aliphatic rings. The van der Waals surface area contributed by atoms with Crippen molar-refractivity contribution in [3.05, 3.63) is 30.3 Å². The van der Waals surface area contributed by atoms with Crippen LogP contribution < -0.4 is 4.74 Å². The maximum Gasteiger partial charge on any atom is 0.311 e. The highest BCUT2D eigenvalue weighted by molar-refractivity contribution is 5.72. The third-order valence-corrected chi connectivity index (χ3v) is 16.0. The number of rotatable bonds is 62. The minimum Gasteiger partial charge on any atom is -0.481 e. The molecule has 0 fully saturated rings. The molecule has 0 amide bonds. The van der Waals surface area contributed by atoms with Gasteiger partial charge in [-0.15, -0.1) is 0 Å². The van der Waals surface area contributed by atoms with Crippen LogP contribution in [0.3, 0.4) is 0 Å². The van der Waals surface area contributed by atoms with E-state index in [1.165, 1.54) is 347 Å². The van der Waals surface area contributed by atoms with E-state index in [-0.39, 0.29) is 5.97 Å². The van der Waals surface area contributed by atoms with Crippen molar-refractivity contribution in [2.75, 3.05) is 0 Å². The van der Waals surface area contributed by atoms with Gasteiger partial charge in [-0.25, -0.2) is 0 Å². The molecule has 0 aliphatic carbocycles. The molecule has 0 saturated heterocycles. The van der Waals surface area contributed by atoms with Gasteiger partial charge in [-0.05, 0) is 25.0 Å². The van der Waals surface area contributed by atoms with Crippen LogP contribution in [-0.4, -0.2) is 17.0 Å². The highest BCUT2D eigenvalue weighted by Gasteiger charge is 2.05. The predicted octanol–water partition coefficient (Wildman–Crippen LogP) is 24.1. The smallest absolute Gasteiger partial charge is 0.311 e. The number of carbonyl (C=O) groups excluding carboxylic acids is 1. The summed E-state index contributed by atoms with van der Waals surface area (Å²) in [6, 6.07) is 9.41. The van der Waals surface area contributed by atoms with Gasteiger partial charge < -0.3 is 9.84 Å². The molecular weight excluding hydrogens is 881 g/mol. The first-order chi connectivity index (χ1) is 35.7. The van der Waals surface area contributed by atoms with Crippen LogP contribution in [0.1, 0.15) is 385 Å². The third-order valence-electron chi connectivity index (χ3n) is 16.0. The van der Waals surface area contributed by atoms with E-state index in [1.54, 1.807) is 0 Å². The number of esters is 1. The van der Waals surface area contributed by atoms with E-state index in [0.717, 1.165) is 25.7 Å². The first-order valence-electron chi connectivity index (χ1n) is 33.2. The van der Waals surface area contributed by atoms with E-state index < -0.39 is 5.97 Å². The molecule has 0 saturated carbocycles. The summed E-state index contributed by atoms with van der Waals surface area (Å²) in [5.41, 5.74) is 0. The van der Waals surface area contributed by atoms with Crippen molar-refractivity contribution in [2.45, 2.75) is 385 Å². The number of carboxylic acids is 1. The van der Waals surface area contributed by atoms with Crippen molar-refractivity contribution in [3.8, 4) is 5.75 Å². The molecule has 1 aromatic rings. The topological polar surface area (TPSA) is 63.6 Å². The van der Waals surface area contributed by atoms with Gasteiger partial charge in [0, 0.05) is 12.8 Å². The van der Waals surface area contributed by atoms with Gasteiger partial charge in [-0.1, -0.05) is 378 Å². The normalized spacial score (nSPS) is 11.5. The molecule has 0 unspecified atom stereocenters. The standard InChI is InChI=1S/C68H126O4/c69-67(70)64-60-55-53-51-49-47-45-43-41-39-37-35-33-31-29-27-25-23-21-19-17-15-13-11-9-7-5-3-1-2-4-6-8-10-12-14-16-18-20-22-24-26-28-30-32-34-36-38-40-42-44-46-48-50-52-54-56-61-65-68(71)72-66-62-58-57-59-63-66/h57-59,62-63H,1-56,60-61,64-65H2,(H,69,70). The average Bonchev–Trinajstić information content (AvgIpc) is 3.38. The molecule has 422 valence electrons. The van der Waals surface area contributed by atoms with E-state index in [1.807, 2.05) is 30.3 Å². The number of carboxylic acid groups (broad SMARTS) is 1. The Hall–Kier alpha value is -1.84. The minimum absolute atomic E-state index is 0.100. The number of aliphatic carboxylic acids is 1. The Kier molecular flexibility index (Phi) is 56.8. The summed E-state index contributed by atoms with van der Waals surface area (Å²) in [5, 5.41) is 8.68. The molecule has 4 nitrogen and oxygen atoms in total. The van der Waals surface area contributed by atoms with E-state index in [4.69, 9.17) is 9.84 Å². The van der Waals surface area contributed by atoms with E-state index in [2.05, 4.69) is 0 Å². The first-order valence-corrected chi connectivity index (χ1v) is 33.2. The number of para-hydroxylation sites is 1. The van der Waals surface area contributed by atoms with Crippen molar-refractivity contribution in [2.24, 2.45) is 0 Å². The van der Waals surface area contributed by atoms with Gasteiger partial charge in [0.25, 0.3) is 0 Å². The molecule has 1 aromatic carbocycles. The lowest BCUT2D eigenvalue weighted by Gasteiger charge is -2.05. The molecule has 0 aromatic heterocycles. The summed E-state index contributed by atoms with van der Waals surface area (Å²) in [7, 11) is 0. The predicted molar refractivity (Wildman–Crippen MR) is 317 cm³/mol. The van der Waals surface area contributed by atoms with Crippen LogP contribution in [0.25, 0.3) is 0 Å². The third kappa shape index (κ3) is 57.4.